The first-order valence-corrected chi connectivity index (χ1v) is 21.9. The normalized spacial score (nSPS) is 30.5. The summed E-state index contributed by atoms with van der Waals surface area (Å²) in [5.41, 5.74) is -2.24. The highest BCUT2D eigenvalue weighted by Crippen LogP contribution is 2.49. The Morgan fingerprint density at radius 2 is 1.78 bits per heavy atom. The average molecular weight is 830 g/mol. The maximum Gasteiger partial charge on any atom is 0.416 e. The lowest BCUT2D eigenvalue weighted by Gasteiger charge is -2.37. The van der Waals surface area contributed by atoms with E-state index in [2.05, 4.69) is 20.3 Å². The molecule has 0 bridgehead atoms. The van der Waals surface area contributed by atoms with Crippen molar-refractivity contribution in [2.75, 3.05) is 6.54 Å². The van der Waals surface area contributed by atoms with E-state index in [1.165, 1.54) is 11.0 Å². The molecule has 17 heteroatoms. The number of hydrogen-bond acceptors (Lipinski definition) is 9. The van der Waals surface area contributed by atoms with Gasteiger partial charge >= 0.3 is 12.3 Å². The first-order chi connectivity index (χ1) is 27.4. The van der Waals surface area contributed by atoms with Crippen LogP contribution in [-0.2, 0) is 41.7 Å². The SMILES string of the molecule is Cc1nc2ccc(C(F)(F)F)cc2c2c1O[C@]1(CC2)C[C@H]2C(=O)N[C@]3(C(=O)NS(=O)(=O)C4(C)CC4)C[C@H]3/C=C\CCCCC[C@H](NC(=O)OC3CCCC3)C(=O)N2C1. The van der Waals surface area contributed by atoms with E-state index in [4.69, 9.17) is 9.47 Å². The van der Waals surface area contributed by atoms with E-state index in [1.807, 2.05) is 12.2 Å². The fraction of sp³-hybridized carbons (Fsp3) is 0.634. The lowest BCUT2D eigenvalue weighted by Crippen LogP contribution is -2.58. The number of halogens is 3. The number of alkyl halides is 3. The molecule has 4 heterocycles. The Labute approximate surface area is 335 Å². The fourth-order valence-corrected chi connectivity index (χ4v) is 10.5. The molecule has 0 unspecified atom stereocenters. The summed E-state index contributed by atoms with van der Waals surface area (Å²) in [6.07, 6.45) is 5.92. The molecule has 1 aromatic heterocycles. The summed E-state index contributed by atoms with van der Waals surface area (Å²) in [6, 6.07) is 1.11. The Hall–Kier alpha value is -4.41. The third kappa shape index (κ3) is 7.63. The Kier molecular flexibility index (Phi) is 10.2. The van der Waals surface area contributed by atoms with E-state index in [0.717, 1.165) is 50.7 Å². The quantitative estimate of drug-likeness (QED) is 0.322. The number of sulfonamides is 1. The molecule has 0 radical (unpaired) electrons. The largest absolute Gasteiger partial charge is 0.483 e. The maximum atomic E-state index is 14.8. The lowest BCUT2D eigenvalue weighted by molar-refractivity contribution is -0.141. The number of aryl methyl sites for hydroxylation is 2. The van der Waals surface area contributed by atoms with Gasteiger partial charge in [-0.25, -0.2) is 18.2 Å². The molecule has 2 aromatic rings. The number of pyridine rings is 1. The Balaban J connectivity index is 1.13. The molecule has 5 atom stereocenters. The van der Waals surface area contributed by atoms with Crippen LogP contribution in [0.25, 0.3) is 10.9 Å². The van der Waals surface area contributed by atoms with Crippen LogP contribution in [0.5, 0.6) is 5.75 Å². The zero-order valence-corrected chi connectivity index (χ0v) is 33.5. The standard InChI is InChI=1S/C41H50F3N5O8S/c1-24-33-28(29-20-25(41(42,43)44)14-15-30(29)45-24)16-17-39(57-33)22-32-34(50)47-40(36(52)48-58(54,55)38(2)18-19-38)21-26(40)10-6-4-3-5-7-13-31(35(51)49(32)23-39)46-37(53)56-27-11-8-9-12-27/h6,10,14-15,20,26-27,31-32H,3-5,7-9,11-13,16-19,21-23H2,1-2H3,(H,46,53)(H,47,50)(H,48,52)/b10-6-/t26-,31+,32+,39-,40-/m1/s1. The number of hydrogen-bond donors (Lipinski definition) is 3. The topological polar surface area (TPSA) is 173 Å². The number of fused-ring (bicyclic) bond motifs is 5. The van der Waals surface area contributed by atoms with Crippen molar-refractivity contribution in [3.05, 3.63) is 47.2 Å². The van der Waals surface area contributed by atoms with E-state index in [9.17, 15) is 40.8 Å². The smallest absolute Gasteiger partial charge is 0.416 e. The number of rotatable bonds is 5. The first kappa shape index (κ1) is 40.4. The number of carbonyl (C=O) groups excluding carboxylic acids is 4. The molecule has 3 N–H and O–H groups in total. The molecular formula is C41H50F3N5O8S. The predicted octanol–water partition coefficient (Wildman–Crippen LogP) is 5.66. The van der Waals surface area contributed by atoms with E-state index >= 15 is 0 Å². The van der Waals surface area contributed by atoms with Crippen LogP contribution in [0.1, 0.15) is 114 Å². The van der Waals surface area contributed by atoms with Gasteiger partial charge in [0.15, 0.2) is 0 Å². The Morgan fingerprint density at radius 1 is 1.03 bits per heavy atom. The van der Waals surface area contributed by atoms with Gasteiger partial charge in [-0.3, -0.25) is 19.1 Å². The van der Waals surface area contributed by atoms with Crippen LogP contribution < -0.4 is 20.1 Å². The van der Waals surface area contributed by atoms with Crippen molar-refractivity contribution in [2.24, 2.45) is 5.92 Å². The molecule has 4 amide bonds. The molecule has 314 valence electrons. The molecule has 1 saturated heterocycles. The lowest BCUT2D eigenvalue weighted by atomic mass is 9.87. The van der Waals surface area contributed by atoms with Gasteiger partial charge in [0.25, 0.3) is 5.91 Å². The summed E-state index contributed by atoms with van der Waals surface area (Å²) in [4.78, 5) is 62.5. The van der Waals surface area contributed by atoms with Crippen molar-refractivity contribution < 1.29 is 50.2 Å². The third-order valence-electron chi connectivity index (χ3n) is 13.2. The summed E-state index contributed by atoms with van der Waals surface area (Å²) >= 11 is 0. The second-order valence-corrected chi connectivity index (χ2v) is 19.6. The van der Waals surface area contributed by atoms with Gasteiger partial charge in [-0.1, -0.05) is 25.0 Å². The van der Waals surface area contributed by atoms with E-state index < -0.39 is 79.5 Å². The predicted molar refractivity (Wildman–Crippen MR) is 205 cm³/mol. The Bertz CT molecular complexity index is 2170. The third-order valence-corrected chi connectivity index (χ3v) is 15.3. The molecular weight excluding hydrogens is 780 g/mol. The summed E-state index contributed by atoms with van der Waals surface area (Å²) < 4.78 is 81.3. The summed E-state index contributed by atoms with van der Waals surface area (Å²) in [5, 5.41) is 5.96. The van der Waals surface area contributed by atoms with Gasteiger partial charge in [0.1, 0.15) is 35.1 Å². The molecule has 1 aromatic carbocycles. The number of carbonyl (C=O) groups is 4. The highest BCUT2D eigenvalue weighted by molar-refractivity contribution is 7.91. The monoisotopic (exact) mass is 829 g/mol. The molecule has 3 aliphatic heterocycles. The molecule has 3 saturated carbocycles. The van der Waals surface area contributed by atoms with Crippen LogP contribution >= 0.6 is 0 Å². The average Bonchev–Trinajstić information content (AvgIpc) is 3.96. The van der Waals surface area contributed by atoms with E-state index in [1.54, 1.807) is 13.8 Å². The Morgan fingerprint density at radius 3 is 2.50 bits per heavy atom. The number of alkyl carbamates (subject to hydrolysis) is 1. The molecule has 13 nitrogen and oxygen atoms in total. The first-order valence-electron chi connectivity index (χ1n) is 20.5. The molecule has 4 fully saturated rings. The second-order valence-electron chi connectivity index (χ2n) is 17.4. The van der Waals surface area contributed by atoms with Gasteiger partial charge in [0.2, 0.25) is 21.8 Å². The minimum Gasteiger partial charge on any atom is -0.483 e. The summed E-state index contributed by atoms with van der Waals surface area (Å²) in [6.45, 7) is 3.15. The van der Waals surface area contributed by atoms with Crippen LogP contribution in [-0.4, -0.2) is 82.7 Å². The molecule has 8 rings (SSSR count). The minimum atomic E-state index is -4.58. The van der Waals surface area contributed by atoms with Crippen molar-refractivity contribution in [1.29, 1.82) is 0 Å². The number of amides is 4. The maximum absolute atomic E-state index is 14.8. The molecule has 3 aliphatic carbocycles. The number of allylic oxidation sites excluding steroid dienone is 1. The zero-order valence-electron chi connectivity index (χ0n) is 32.7. The van der Waals surface area contributed by atoms with Gasteiger partial charge in [0, 0.05) is 23.3 Å². The van der Waals surface area contributed by atoms with Crippen molar-refractivity contribution in [3.8, 4) is 5.75 Å². The van der Waals surface area contributed by atoms with Crippen LogP contribution in [0.4, 0.5) is 18.0 Å². The van der Waals surface area contributed by atoms with Crippen molar-refractivity contribution in [2.45, 2.75) is 150 Å². The number of benzene rings is 1. The van der Waals surface area contributed by atoms with Gasteiger partial charge in [-0.05, 0) is 109 Å². The molecule has 1 spiro atoms. The van der Waals surface area contributed by atoms with Crippen LogP contribution in [0.2, 0.25) is 0 Å². The molecule has 58 heavy (non-hydrogen) atoms. The second kappa shape index (κ2) is 14.7. The summed E-state index contributed by atoms with van der Waals surface area (Å²) in [7, 11) is -4.05. The number of nitrogens with zero attached hydrogens (tertiary/aromatic N) is 2. The van der Waals surface area contributed by atoms with E-state index in [-0.39, 0.29) is 50.5 Å². The van der Waals surface area contributed by atoms with Crippen LogP contribution in [0, 0.1) is 12.8 Å². The minimum absolute atomic E-state index is 0.0438. The zero-order chi connectivity index (χ0) is 41.3. The fourth-order valence-electron chi connectivity index (χ4n) is 9.20. The van der Waals surface area contributed by atoms with Gasteiger partial charge in [-0.2, -0.15) is 13.2 Å². The molecule has 6 aliphatic rings. The summed E-state index contributed by atoms with van der Waals surface area (Å²) in [5.74, 6) is -2.29. The van der Waals surface area contributed by atoms with Crippen molar-refractivity contribution >= 4 is 44.7 Å². The highest BCUT2D eigenvalue weighted by Gasteiger charge is 2.64. The number of aromatic nitrogens is 1. The van der Waals surface area contributed by atoms with Crippen LogP contribution in [0.3, 0.4) is 0 Å². The van der Waals surface area contributed by atoms with Crippen LogP contribution in [0.15, 0.2) is 30.4 Å². The highest BCUT2D eigenvalue weighted by atomic mass is 32.2. The van der Waals surface area contributed by atoms with E-state index in [0.29, 0.717) is 47.8 Å². The van der Waals surface area contributed by atoms with Gasteiger partial charge in [-0.15, -0.1) is 0 Å². The van der Waals surface area contributed by atoms with Crippen molar-refractivity contribution in [3.63, 3.8) is 0 Å². The number of nitrogens with one attached hydrogen (secondary N) is 3. The van der Waals surface area contributed by atoms with Gasteiger partial charge < -0.3 is 25.0 Å². The number of ether oxygens (including phenoxy) is 2. The van der Waals surface area contributed by atoms with Crippen molar-refractivity contribution in [1.82, 2.24) is 25.2 Å². The van der Waals surface area contributed by atoms with Gasteiger partial charge in [0.05, 0.1) is 28.1 Å².